The van der Waals surface area contributed by atoms with Gasteiger partial charge < -0.3 is 18.8 Å². The maximum Gasteiger partial charge on any atom is 0.387 e. The summed E-state index contributed by atoms with van der Waals surface area (Å²) >= 11 is 0. The number of rotatable bonds is 4. The molecule has 1 aliphatic carbocycles. The van der Waals surface area contributed by atoms with Gasteiger partial charge in [-0.3, -0.25) is 9.78 Å². The number of esters is 1. The minimum atomic E-state index is -3.05. The van der Waals surface area contributed by atoms with Crippen molar-refractivity contribution in [3.63, 3.8) is 0 Å². The Morgan fingerprint density at radius 3 is 2.56 bits per heavy atom. The van der Waals surface area contributed by atoms with Gasteiger partial charge in [-0.15, -0.1) is 0 Å². The Morgan fingerprint density at radius 1 is 1.26 bits per heavy atom. The molecule has 0 spiro atoms. The largest absolute Gasteiger partial charge is 0.481 e. The first-order valence-electron chi connectivity index (χ1n) is 10.8. The molecule has 0 fully saturated rings. The molecule has 1 unspecified atom stereocenters. The Hall–Kier alpha value is -3.49. The molecule has 2 aromatic heterocycles. The monoisotopic (exact) mass is 472 g/mol. The molecule has 0 saturated heterocycles. The van der Waals surface area contributed by atoms with Crippen molar-refractivity contribution in [1.82, 2.24) is 9.55 Å². The number of aromatic nitrogens is 2. The van der Waals surface area contributed by atoms with Gasteiger partial charge in [-0.05, 0) is 35.4 Å². The number of hydrogen-bond donors (Lipinski definition) is 0. The Balaban J connectivity index is 2.20. The number of fused-ring (bicyclic) bond motifs is 5. The Kier molecular flexibility index (Phi) is 5.83. The molecule has 0 bridgehead atoms. The van der Waals surface area contributed by atoms with Crippen molar-refractivity contribution in [2.75, 3.05) is 14.2 Å². The number of benzene rings is 1. The third-order valence-corrected chi connectivity index (χ3v) is 6.40. The zero-order valence-electron chi connectivity index (χ0n) is 19.9. The van der Waals surface area contributed by atoms with Crippen LogP contribution in [0.3, 0.4) is 0 Å². The van der Waals surface area contributed by atoms with Gasteiger partial charge in [0.05, 0.1) is 19.9 Å². The smallest absolute Gasteiger partial charge is 0.387 e. The number of alkyl halides is 2. The van der Waals surface area contributed by atoms with Gasteiger partial charge in [0, 0.05) is 29.8 Å². The van der Waals surface area contributed by atoms with Crippen LogP contribution in [0.15, 0.2) is 29.2 Å². The van der Waals surface area contributed by atoms with Gasteiger partial charge in [0.15, 0.2) is 11.3 Å². The van der Waals surface area contributed by atoms with E-state index in [1.807, 2.05) is 26.8 Å². The summed E-state index contributed by atoms with van der Waals surface area (Å²) in [7, 11) is 4.22. The molecule has 0 aliphatic heterocycles. The van der Waals surface area contributed by atoms with Crippen LogP contribution < -0.4 is 14.9 Å². The van der Waals surface area contributed by atoms with Crippen LogP contribution in [0, 0.1) is 5.41 Å². The highest BCUT2D eigenvalue weighted by Crippen LogP contribution is 2.50. The summed E-state index contributed by atoms with van der Waals surface area (Å²) in [6.07, 6.45) is 1.97. The third kappa shape index (κ3) is 3.59. The number of nitrogens with zero attached hydrogens (tertiary/aromatic N) is 2. The van der Waals surface area contributed by atoms with Crippen LogP contribution >= 0.6 is 0 Å². The van der Waals surface area contributed by atoms with E-state index < -0.39 is 18.0 Å². The van der Waals surface area contributed by atoms with Crippen LogP contribution in [0.2, 0.25) is 0 Å². The highest BCUT2D eigenvalue weighted by atomic mass is 19.3. The second-order valence-electron chi connectivity index (χ2n) is 9.33. The Morgan fingerprint density at radius 2 is 1.97 bits per heavy atom. The molecule has 4 rings (SSSR count). The summed E-state index contributed by atoms with van der Waals surface area (Å²) in [6, 6.07) is 5.03. The zero-order chi connectivity index (χ0) is 24.9. The zero-order valence-corrected chi connectivity index (χ0v) is 19.9. The van der Waals surface area contributed by atoms with Crippen molar-refractivity contribution in [2.24, 2.45) is 12.5 Å². The van der Waals surface area contributed by atoms with Gasteiger partial charge in [-0.1, -0.05) is 26.8 Å². The fraction of sp³-hybridized carbons (Fsp3) is 0.400. The first-order chi connectivity index (χ1) is 16.0. The summed E-state index contributed by atoms with van der Waals surface area (Å²) < 4.78 is 43.3. The van der Waals surface area contributed by atoms with Gasteiger partial charge in [0.25, 0.3) is 0 Å². The maximum absolute atomic E-state index is 13.8. The first kappa shape index (κ1) is 23.7. The van der Waals surface area contributed by atoms with E-state index >= 15 is 0 Å². The van der Waals surface area contributed by atoms with E-state index in [1.165, 1.54) is 26.5 Å². The predicted octanol–water partition coefficient (Wildman–Crippen LogP) is 4.68. The van der Waals surface area contributed by atoms with Crippen molar-refractivity contribution in [3.8, 4) is 22.9 Å². The Labute approximate surface area is 195 Å². The highest BCUT2D eigenvalue weighted by Gasteiger charge is 2.40. The lowest BCUT2D eigenvalue weighted by Crippen LogP contribution is -2.35. The number of pyridine rings is 2. The molecule has 7 nitrogen and oxygen atoms in total. The second-order valence-corrected chi connectivity index (χ2v) is 9.33. The van der Waals surface area contributed by atoms with Crippen molar-refractivity contribution >= 4 is 16.9 Å². The molecule has 0 radical (unpaired) electrons. The summed E-state index contributed by atoms with van der Waals surface area (Å²) in [6.45, 7) is 3.00. The predicted molar refractivity (Wildman–Crippen MR) is 123 cm³/mol. The molecular formula is C25H26F2N2O5. The molecule has 2 heterocycles. The number of carbonyl (C=O) groups excluding carboxylic acids is 1. The quantitative estimate of drug-likeness (QED) is 0.513. The molecule has 9 heteroatoms. The van der Waals surface area contributed by atoms with Crippen LogP contribution in [0.1, 0.15) is 48.2 Å². The van der Waals surface area contributed by atoms with Crippen molar-refractivity contribution in [3.05, 3.63) is 51.3 Å². The second kappa shape index (κ2) is 8.38. The summed E-state index contributed by atoms with van der Waals surface area (Å²) in [5.41, 5.74) is 1.57. The average molecular weight is 472 g/mol. The van der Waals surface area contributed by atoms with Gasteiger partial charge in [-0.2, -0.15) is 8.78 Å². The Bertz CT molecular complexity index is 1360. The maximum atomic E-state index is 13.8. The van der Waals surface area contributed by atoms with E-state index in [4.69, 9.17) is 14.2 Å². The molecule has 1 atom stereocenters. The number of methoxy groups -OCH3 is 2. The minimum absolute atomic E-state index is 0.0266. The molecule has 180 valence electrons. The van der Waals surface area contributed by atoms with Gasteiger partial charge >= 0.3 is 12.6 Å². The third-order valence-electron chi connectivity index (χ3n) is 6.40. The molecule has 0 amide bonds. The average Bonchev–Trinajstić information content (AvgIpc) is 2.78. The highest BCUT2D eigenvalue weighted by molar-refractivity contribution is 5.97. The fourth-order valence-electron chi connectivity index (χ4n) is 4.90. The number of carbonyl (C=O) groups is 1. The molecule has 3 aromatic rings. The van der Waals surface area contributed by atoms with Gasteiger partial charge in [0.2, 0.25) is 11.3 Å². The number of halogens is 2. The number of hydrogen-bond acceptors (Lipinski definition) is 6. The summed E-state index contributed by atoms with van der Waals surface area (Å²) in [5, 5.41) is 0.666. The van der Waals surface area contributed by atoms with Crippen LogP contribution in [0.5, 0.6) is 11.6 Å². The van der Waals surface area contributed by atoms with E-state index in [0.717, 1.165) is 5.56 Å². The van der Waals surface area contributed by atoms with E-state index in [9.17, 15) is 18.4 Å². The van der Waals surface area contributed by atoms with Crippen molar-refractivity contribution in [2.45, 2.75) is 39.7 Å². The van der Waals surface area contributed by atoms with E-state index in [2.05, 4.69) is 4.98 Å². The standard InChI is InChI=1S/C25H26F2N2O5/c1-25(2,3)15-10-13-12-8-7-9-28-19(12)16(34-24(26)27)11-14(13)20-17(15)21(30)18(23(31)33-6)22(32-5)29(20)4/h7-9,11,15,24H,10H2,1-6H3. The lowest BCUT2D eigenvalue weighted by molar-refractivity contribution is -0.0489. The first-order valence-corrected chi connectivity index (χ1v) is 10.8. The van der Waals surface area contributed by atoms with E-state index in [0.29, 0.717) is 34.1 Å². The van der Waals surface area contributed by atoms with Crippen LogP contribution in [0.4, 0.5) is 8.78 Å². The number of ether oxygens (including phenoxy) is 3. The lowest BCUT2D eigenvalue weighted by atomic mass is 9.67. The fourth-order valence-corrected chi connectivity index (χ4v) is 4.90. The molecule has 1 aliphatic rings. The lowest BCUT2D eigenvalue weighted by Gasteiger charge is -2.38. The molecule has 34 heavy (non-hydrogen) atoms. The topological polar surface area (TPSA) is 79.7 Å². The molecule has 0 N–H and O–H groups in total. The van der Waals surface area contributed by atoms with Gasteiger partial charge in [-0.25, -0.2) is 4.79 Å². The van der Waals surface area contributed by atoms with Gasteiger partial charge in [0.1, 0.15) is 5.52 Å². The molecule has 0 saturated carbocycles. The van der Waals surface area contributed by atoms with Crippen LogP contribution in [-0.2, 0) is 18.2 Å². The van der Waals surface area contributed by atoms with Crippen molar-refractivity contribution in [1.29, 1.82) is 0 Å². The SMILES string of the molecule is COC(=O)c1c(OC)n(C)c2c(c1=O)C(C(C)(C)C)Cc1c-2cc(OC(F)F)c2ncccc12. The summed E-state index contributed by atoms with van der Waals surface area (Å²) in [4.78, 5) is 30.7. The normalized spacial score (nSPS) is 15.1. The van der Waals surface area contributed by atoms with Crippen LogP contribution in [0.25, 0.3) is 22.2 Å². The van der Waals surface area contributed by atoms with Crippen LogP contribution in [-0.4, -0.2) is 36.4 Å². The van der Waals surface area contributed by atoms with Crippen molar-refractivity contribution < 1.29 is 27.8 Å². The molecule has 1 aromatic carbocycles. The molecular weight excluding hydrogens is 446 g/mol. The van der Waals surface area contributed by atoms with E-state index in [-0.39, 0.29) is 28.5 Å². The van der Waals surface area contributed by atoms with E-state index in [1.54, 1.807) is 17.7 Å². The summed E-state index contributed by atoms with van der Waals surface area (Å²) in [5.74, 6) is -1.15. The minimum Gasteiger partial charge on any atom is -0.481 e.